The van der Waals surface area contributed by atoms with Crippen molar-refractivity contribution in [1.82, 2.24) is 4.90 Å². The van der Waals surface area contributed by atoms with Crippen LogP contribution >= 0.6 is 0 Å². The molecule has 2 fully saturated rings. The number of rotatable bonds is 2. The van der Waals surface area contributed by atoms with Gasteiger partial charge < -0.3 is 10.0 Å². The van der Waals surface area contributed by atoms with Crippen LogP contribution in [0.1, 0.15) is 52.4 Å². The van der Waals surface area contributed by atoms with Gasteiger partial charge in [0, 0.05) is 19.1 Å². The minimum Gasteiger partial charge on any atom is -0.393 e. The first kappa shape index (κ1) is 12.4. The Kier molecular flexibility index (Phi) is 4.26. The Morgan fingerprint density at radius 3 is 2.56 bits per heavy atom. The fourth-order valence-corrected chi connectivity index (χ4v) is 3.52. The number of aliphatic hydroxyl groups excluding tert-OH is 1. The van der Waals surface area contributed by atoms with Crippen LogP contribution in [0.4, 0.5) is 0 Å². The SMILES string of the molecule is CC1CC(C)N(CC2CCCCCC2O)C1. The molecule has 1 N–H and O–H groups in total. The molecular formula is C14H27NO. The Morgan fingerprint density at radius 1 is 1.12 bits per heavy atom. The maximum atomic E-state index is 10.1. The molecular weight excluding hydrogens is 198 g/mol. The lowest BCUT2D eigenvalue weighted by Crippen LogP contribution is -2.36. The number of hydrogen-bond donors (Lipinski definition) is 1. The van der Waals surface area contributed by atoms with Gasteiger partial charge in [-0.1, -0.05) is 26.2 Å². The van der Waals surface area contributed by atoms with Crippen LogP contribution in [0.2, 0.25) is 0 Å². The highest BCUT2D eigenvalue weighted by atomic mass is 16.3. The van der Waals surface area contributed by atoms with Crippen molar-refractivity contribution >= 4 is 0 Å². The summed E-state index contributed by atoms with van der Waals surface area (Å²) < 4.78 is 0. The van der Waals surface area contributed by atoms with Gasteiger partial charge in [0.1, 0.15) is 0 Å². The third kappa shape index (κ3) is 2.98. The molecule has 0 aromatic rings. The summed E-state index contributed by atoms with van der Waals surface area (Å²) in [5.74, 6) is 1.38. The lowest BCUT2D eigenvalue weighted by atomic mass is 9.96. The number of aliphatic hydroxyl groups is 1. The summed E-state index contributed by atoms with van der Waals surface area (Å²) in [6.45, 7) is 7.06. The van der Waals surface area contributed by atoms with E-state index in [1.807, 2.05) is 0 Å². The van der Waals surface area contributed by atoms with Crippen LogP contribution in [0.5, 0.6) is 0 Å². The van der Waals surface area contributed by atoms with E-state index in [4.69, 9.17) is 0 Å². The molecule has 16 heavy (non-hydrogen) atoms. The average molecular weight is 225 g/mol. The van der Waals surface area contributed by atoms with E-state index in [0.29, 0.717) is 5.92 Å². The van der Waals surface area contributed by atoms with Crippen molar-refractivity contribution < 1.29 is 5.11 Å². The predicted octanol–water partition coefficient (Wildman–Crippen LogP) is 2.66. The second-order valence-electron chi connectivity index (χ2n) is 6.11. The van der Waals surface area contributed by atoms with Crippen LogP contribution in [0.3, 0.4) is 0 Å². The monoisotopic (exact) mass is 225 g/mol. The fraction of sp³-hybridized carbons (Fsp3) is 1.00. The summed E-state index contributed by atoms with van der Waals surface area (Å²) in [7, 11) is 0. The largest absolute Gasteiger partial charge is 0.393 e. The molecule has 0 radical (unpaired) electrons. The van der Waals surface area contributed by atoms with Gasteiger partial charge in [0.05, 0.1) is 6.10 Å². The summed E-state index contributed by atoms with van der Waals surface area (Å²) in [4.78, 5) is 2.60. The zero-order valence-corrected chi connectivity index (χ0v) is 10.9. The molecule has 0 spiro atoms. The molecule has 94 valence electrons. The molecule has 1 saturated heterocycles. The Balaban J connectivity index is 1.87. The molecule has 0 amide bonds. The van der Waals surface area contributed by atoms with Crippen LogP contribution in [0.15, 0.2) is 0 Å². The third-order valence-corrected chi connectivity index (χ3v) is 4.50. The van der Waals surface area contributed by atoms with E-state index in [-0.39, 0.29) is 6.10 Å². The second-order valence-corrected chi connectivity index (χ2v) is 6.11. The van der Waals surface area contributed by atoms with Gasteiger partial charge in [-0.2, -0.15) is 0 Å². The average Bonchev–Trinajstić information content (AvgIpc) is 2.43. The van der Waals surface area contributed by atoms with Gasteiger partial charge in [0.15, 0.2) is 0 Å². The van der Waals surface area contributed by atoms with Gasteiger partial charge in [-0.05, 0) is 38.0 Å². The maximum absolute atomic E-state index is 10.1. The first-order chi connectivity index (χ1) is 7.66. The van der Waals surface area contributed by atoms with Gasteiger partial charge >= 0.3 is 0 Å². The number of hydrogen-bond acceptors (Lipinski definition) is 2. The molecule has 0 aromatic heterocycles. The zero-order chi connectivity index (χ0) is 11.5. The van der Waals surface area contributed by atoms with Crippen molar-refractivity contribution in [2.75, 3.05) is 13.1 Å². The summed E-state index contributed by atoms with van der Waals surface area (Å²) >= 11 is 0. The van der Waals surface area contributed by atoms with Crippen LogP contribution in [-0.2, 0) is 0 Å². The first-order valence-electron chi connectivity index (χ1n) is 7.09. The van der Waals surface area contributed by atoms with Gasteiger partial charge in [-0.25, -0.2) is 0 Å². The third-order valence-electron chi connectivity index (χ3n) is 4.50. The van der Waals surface area contributed by atoms with Gasteiger partial charge in [-0.3, -0.25) is 0 Å². The molecule has 4 atom stereocenters. The molecule has 1 heterocycles. The standard InChI is InChI=1S/C14H27NO/c1-11-8-12(2)15(9-11)10-13-6-4-3-5-7-14(13)16/h11-14,16H,3-10H2,1-2H3. The highest BCUT2D eigenvalue weighted by molar-refractivity contribution is 4.84. The van der Waals surface area contributed by atoms with Crippen molar-refractivity contribution in [3.8, 4) is 0 Å². The van der Waals surface area contributed by atoms with E-state index in [9.17, 15) is 5.11 Å². The van der Waals surface area contributed by atoms with Crippen LogP contribution in [0.25, 0.3) is 0 Å². The van der Waals surface area contributed by atoms with Crippen molar-refractivity contribution in [3.63, 3.8) is 0 Å². The topological polar surface area (TPSA) is 23.5 Å². The molecule has 2 nitrogen and oxygen atoms in total. The van der Waals surface area contributed by atoms with Crippen molar-refractivity contribution in [1.29, 1.82) is 0 Å². The van der Waals surface area contributed by atoms with Crippen LogP contribution in [-0.4, -0.2) is 35.2 Å². The molecule has 2 aliphatic rings. The molecule has 1 aliphatic carbocycles. The molecule has 4 unspecified atom stereocenters. The Bertz CT molecular complexity index is 219. The summed E-state index contributed by atoms with van der Waals surface area (Å²) in [6, 6.07) is 0.727. The first-order valence-corrected chi connectivity index (χ1v) is 7.09. The van der Waals surface area contributed by atoms with Gasteiger partial charge in [-0.15, -0.1) is 0 Å². The minimum atomic E-state index is -0.0365. The van der Waals surface area contributed by atoms with Gasteiger partial charge in [0.2, 0.25) is 0 Å². The van der Waals surface area contributed by atoms with E-state index >= 15 is 0 Å². The van der Waals surface area contributed by atoms with Crippen LogP contribution < -0.4 is 0 Å². The lowest BCUT2D eigenvalue weighted by molar-refractivity contribution is 0.0712. The van der Waals surface area contributed by atoms with Gasteiger partial charge in [0.25, 0.3) is 0 Å². The quantitative estimate of drug-likeness (QED) is 0.730. The molecule has 1 aliphatic heterocycles. The zero-order valence-electron chi connectivity index (χ0n) is 10.9. The molecule has 0 bridgehead atoms. The number of nitrogens with zero attached hydrogens (tertiary/aromatic N) is 1. The van der Waals surface area contributed by atoms with Crippen molar-refractivity contribution in [3.05, 3.63) is 0 Å². The Hall–Kier alpha value is -0.0800. The summed E-state index contributed by atoms with van der Waals surface area (Å²) in [5, 5.41) is 10.1. The van der Waals surface area contributed by atoms with Crippen LogP contribution in [0, 0.1) is 11.8 Å². The predicted molar refractivity (Wildman–Crippen MR) is 67.4 cm³/mol. The highest BCUT2D eigenvalue weighted by Gasteiger charge is 2.30. The van der Waals surface area contributed by atoms with E-state index < -0.39 is 0 Å². The second kappa shape index (κ2) is 5.50. The molecule has 2 heteroatoms. The molecule has 0 aromatic carbocycles. The lowest BCUT2D eigenvalue weighted by Gasteiger charge is -2.29. The van der Waals surface area contributed by atoms with E-state index in [2.05, 4.69) is 18.7 Å². The van der Waals surface area contributed by atoms with Crippen molar-refractivity contribution in [2.24, 2.45) is 11.8 Å². The Morgan fingerprint density at radius 2 is 1.88 bits per heavy atom. The smallest absolute Gasteiger partial charge is 0.0580 e. The summed E-state index contributed by atoms with van der Waals surface area (Å²) in [5.41, 5.74) is 0. The van der Waals surface area contributed by atoms with Crippen molar-refractivity contribution in [2.45, 2.75) is 64.5 Å². The molecule has 1 saturated carbocycles. The maximum Gasteiger partial charge on any atom is 0.0580 e. The highest BCUT2D eigenvalue weighted by Crippen LogP contribution is 2.28. The normalized spacial score (nSPS) is 42.2. The van der Waals surface area contributed by atoms with E-state index in [1.54, 1.807) is 0 Å². The number of likely N-dealkylation sites (tertiary alicyclic amines) is 1. The minimum absolute atomic E-state index is 0.0365. The summed E-state index contributed by atoms with van der Waals surface area (Å²) in [6.07, 6.45) is 7.43. The Labute approximate surface area is 100 Å². The molecule has 2 rings (SSSR count). The fourth-order valence-electron chi connectivity index (χ4n) is 3.52. The van der Waals surface area contributed by atoms with E-state index in [0.717, 1.165) is 24.9 Å². The van der Waals surface area contributed by atoms with E-state index in [1.165, 1.54) is 38.6 Å².